The summed E-state index contributed by atoms with van der Waals surface area (Å²) >= 11 is 0. The molecule has 4 aromatic heterocycles. The van der Waals surface area contributed by atoms with Crippen LogP contribution in [-0.4, -0.2) is 62.3 Å². The highest BCUT2D eigenvalue weighted by Crippen LogP contribution is 2.33. The van der Waals surface area contributed by atoms with Crippen molar-refractivity contribution in [3.63, 3.8) is 0 Å². The molecular formula is C28H24FN7O. The SMILES string of the molecule is CN(C)CCOc1cncc(-c2ccc3[nH]nc(-c4nc5c(-c6ccc(F)cc6)nccc5[nH]4)c3c2)c1. The third kappa shape index (κ3) is 4.52. The average molecular weight is 494 g/mol. The van der Waals surface area contributed by atoms with Crippen molar-refractivity contribution in [3.05, 3.63) is 79.0 Å². The van der Waals surface area contributed by atoms with Crippen LogP contribution in [0.2, 0.25) is 0 Å². The van der Waals surface area contributed by atoms with Crippen LogP contribution in [0.5, 0.6) is 5.75 Å². The highest BCUT2D eigenvalue weighted by atomic mass is 19.1. The van der Waals surface area contributed by atoms with Gasteiger partial charge in [0.2, 0.25) is 0 Å². The molecule has 0 spiro atoms. The number of H-pyrrole nitrogens is 2. The lowest BCUT2D eigenvalue weighted by atomic mass is 10.0. The van der Waals surface area contributed by atoms with Crippen molar-refractivity contribution < 1.29 is 9.13 Å². The van der Waals surface area contributed by atoms with Gasteiger partial charge in [0.05, 0.1) is 22.9 Å². The molecule has 2 N–H and O–H groups in total. The molecule has 37 heavy (non-hydrogen) atoms. The summed E-state index contributed by atoms with van der Waals surface area (Å²) in [5, 5.41) is 8.57. The number of aromatic amines is 2. The van der Waals surface area contributed by atoms with Crippen LogP contribution in [0.3, 0.4) is 0 Å². The van der Waals surface area contributed by atoms with Gasteiger partial charge < -0.3 is 14.6 Å². The smallest absolute Gasteiger partial charge is 0.159 e. The highest BCUT2D eigenvalue weighted by Gasteiger charge is 2.16. The van der Waals surface area contributed by atoms with Crippen molar-refractivity contribution in [2.24, 2.45) is 0 Å². The minimum Gasteiger partial charge on any atom is -0.491 e. The van der Waals surface area contributed by atoms with E-state index in [1.807, 2.05) is 44.6 Å². The molecule has 4 heterocycles. The Kier molecular flexibility index (Phi) is 5.82. The van der Waals surface area contributed by atoms with Crippen molar-refractivity contribution in [2.45, 2.75) is 0 Å². The highest BCUT2D eigenvalue weighted by molar-refractivity contribution is 5.97. The van der Waals surface area contributed by atoms with Gasteiger partial charge in [-0.3, -0.25) is 15.1 Å². The summed E-state index contributed by atoms with van der Waals surface area (Å²) in [7, 11) is 4.02. The zero-order valence-electron chi connectivity index (χ0n) is 20.4. The molecule has 0 radical (unpaired) electrons. The van der Waals surface area contributed by atoms with Crippen LogP contribution >= 0.6 is 0 Å². The molecule has 0 atom stereocenters. The van der Waals surface area contributed by atoms with E-state index >= 15 is 0 Å². The normalized spacial score (nSPS) is 11.6. The third-order valence-corrected chi connectivity index (χ3v) is 6.16. The molecule has 0 saturated carbocycles. The Balaban J connectivity index is 1.37. The summed E-state index contributed by atoms with van der Waals surface area (Å²) in [4.78, 5) is 19.1. The Hall–Kier alpha value is -4.63. The van der Waals surface area contributed by atoms with E-state index in [1.54, 1.807) is 24.5 Å². The number of aromatic nitrogens is 6. The topological polar surface area (TPSA) is 95.6 Å². The summed E-state index contributed by atoms with van der Waals surface area (Å²) < 4.78 is 19.3. The van der Waals surface area contributed by atoms with E-state index in [-0.39, 0.29) is 5.82 Å². The number of imidazole rings is 1. The van der Waals surface area contributed by atoms with Gasteiger partial charge in [0.15, 0.2) is 5.82 Å². The molecule has 0 bridgehead atoms. The third-order valence-electron chi connectivity index (χ3n) is 6.16. The second kappa shape index (κ2) is 9.44. The number of likely N-dealkylation sites (N-methyl/N-ethyl adjacent to an activating group) is 1. The molecule has 2 aromatic carbocycles. The number of rotatable bonds is 7. The van der Waals surface area contributed by atoms with E-state index in [1.165, 1.54) is 12.1 Å². The van der Waals surface area contributed by atoms with Crippen LogP contribution in [0.15, 0.2) is 73.2 Å². The summed E-state index contributed by atoms with van der Waals surface area (Å²) in [5.74, 6) is 1.05. The molecule has 0 aliphatic heterocycles. The maximum atomic E-state index is 13.4. The van der Waals surface area contributed by atoms with Gasteiger partial charge in [-0.1, -0.05) is 6.07 Å². The number of benzene rings is 2. The maximum absolute atomic E-state index is 13.4. The van der Waals surface area contributed by atoms with Crippen LogP contribution in [0, 0.1) is 5.82 Å². The quantitative estimate of drug-likeness (QED) is 0.313. The molecule has 0 aliphatic carbocycles. The first-order valence-electron chi connectivity index (χ1n) is 11.9. The molecule has 6 rings (SSSR count). The number of pyridine rings is 2. The molecule has 6 aromatic rings. The Morgan fingerprint density at radius 2 is 1.73 bits per heavy atom. The summed E-state index contributed by atoms with van der Waals surface area (Å²) in [6, 6.07) is 16.2. The van der Waals surface area contributed by atoms with E-state index in [0.717, 1.165) is 45.4 Å². The number of hydrogen-bond donors (Lipinski definition) is 2. The first-order valence-corrected chi connectivity index (χ1v) is 11.9. The molecular weight excluding hydrogens is 469 g/mol. The van der Waals surface area contributed by atoms with E-state index in [2.05, 4.69) is 36.1 Å². The monoisotopic (exact) mass is 493 g/mol. The second-order valence-electron chi connectivity index (χ2n) is 9.04. The molecule has 0 fully saturated rings. The largest absolute Gasteiger partial charge is 0.491 e. The Morgan fingerprint density at radius 3 is 2.57 bits per heavy atom. The number of nitrogens with zero attached hydrogens (tertiary/aromatic N) is 5. The fraction of sp³-hybridized carbons (Fsp3) is 0.143. The number of halogens is 1. The lowest BCUT2D eigenvalue weighted by molar-refractivity contribution is 0.261. The van der Waals surface area contributed by atoms with Crippen molar-refractivity contribution in [2.75, 3.05) is 27.2 Å². The minimum absolute atomic E-state index is 0.293. The molecule has 0 amide bonds. The number of fused-ring (bicyclic) bond motifs is 2. The van der Waals surface area contributed by atoms with Crippen LogP contribution in [0.4, 0.5) is 4.39 Å². The van der Waals surface area contributed by atoms with Gasteiger partial charge in [-0.2, -0.15) is 5.10 Å². The van der Waals surface area contributed by atoms with E-state index in [9.17, 15) is 4.39 Å². The molecule has 0 saturated heterocycles. The number of nitrogens with one attached hydrogen (secondary N) is 2. The Morgan fingerprint density at radius 1 is 0.892 bits per heavy atom. The van der Waals surface area contributed by atoms with Gasteiger partial charge in [0, 0.05) is 35.5 Å². The van der Waals surface area contributed by atoms with Crippen LogP contribution in [-0.2, 0) is 0 Å². The van der Waals surface area contributed by atoms with Gasteiger partial charge in [0.25, 0.3) is 0 Å². The fourth-order valence-corrected chi connectivity index (χ4v) is 4.24. The van der Waals surface area contributed by atoms with E-state index < -0.39 is 0 Å². The molecule has 0 unspecified atom stereocenters. The first kappa shape index (κ1) is 22.8. The van der Waals surface area contributed by atoms with Gasteiger partial charge in [-0.15, -0.1) is 0 Å². The van der Waals surface area contributed by atoms with Crippen molar-refractivity contribution in [1.29, 1.82) is 0 Å². The fourth-order valence-electron chi connectivity index (χ4n) is 4.24. The molecule has 184 valence electrons. The predicted molar refractivity (Wildman–Crippen MR) is 142 cm³/mol. The summed E-state index contributed by atoms with van der Waals surface area (Å²) in [6.45, 7) is 1.41. The van der Waals surface area contributed by atoms with E-state index in [4.69, 9.17) is 9.72 Å². The average Bonchev–Trinajstić information content (AvgIpc) is 3.53. The molecule has 9 heteroatoms. The van der Waals surface area contributed by atoms with Gasteiger partial charge in [-0.25, -0.2) is 9.37 Å². The van der Waals surface area contributed by atoms with Gasteiger partial charge >= 0.3 is 0 Å². The zero-order chi connectivity index (χ0) is 25.4. The lowest BCUT2D eigenvalue weighted by Crippen LogP contribution is -2.19. The van der Waals surface area contributed by atoms with Crippen molar-refractivity contribution >= 4 is 21.9 Å². The van der Waals surface area contributed by atoms with Crippen LogP contribution in [0.1, 0.15) is 0 Å². The maximum Gasteiger partial charge on any atom is 0.159 e. The summed E-state index contributed by atoms with van der Waals surface area (Å²) in [6.07, 6.45) is 5.26. The Bertz CT molecular complexity index is 1710. The number of ether oxygens (including phenoxy) is 1. The van der Waals surface area contributed by atoms with Crippen molar-refractivity contribution in [1.82, 2.24) is 35.0 Å². The zero-order valence-corrected chi connectivity index (χ0v) is 20.4. The number of hydrogen-bond acceptors (Lipinski definition) is 6. The van der Waals surface area contributed by atoms with Crippen LogP contribution < -0.4 is 4.74 Å². The summed E-state index contributed by atoms with van der Waals surface area (Å²) in [5.41, 5.74) is 6.52. The first-order chi connectivity index (χ1) is 18.0. The molecule has 0 aliphatic rings. The van der Waals surface area contributed by atoms with Gasteiger partial charge in [-0.05, 0) is 68.2 Å². The Labute approximate surface area is 212 Å². The predicted octanol–water partition coefficient (Wildman–Crippen LogP) is 5.31. The standard InChI is InChI=1S/C28H24FN7O/c1-36(2)11-12-37-21-13-19(15-30-16-21)18-5-8-23-22(14-18)26(35-34-23)28-32-24-9-10-31-25(27(24)33-28)17-3-6-20(29)7-4-17/h3-10,13-16H,11-12H2,1-2H3,(H,32,33)(H,34,35). The van der Waals surface area contributed by atoms with E-state index in [0.29, 0.717) is 29.3 Å². The van der Waals surface area contributed by atoms with Crippen molar-refractivity contribution in [3.8, 4) is 39.7 Å². The van der Waals surface area contributed by atoms with Crippen LogP contribution in [0.25, 0.3) is 55.8 Å². The second-order valence-corrected chi connectivity index (χ2v) is 9.04. The minimum atomic E-state index is -0.293. The molecule has 8 nitrogen and oxygen atoms in total. The van der Waals surface area contributed by atoms with Gasteiger partial charge in [0.1, 0.15) is 29.4 Å². The lowest BCUT2D eigenvalue weighted by Gasteiger charge is -2.11.